The molecule has 2 amide bonds. The number of carbonyl (C=O) groups is 1. The predicted octanol–water partition coefficient (Wildman–Crippen LogP) is 3.86. The summed E-state index contributed by atoms with van der Waals surface area (Å²) in [6.45, 7) is -0.349. The summed E-state index contributed by atoms with van der Waals surface area (Å²) in [7, 11) is 0. The average Bonchev–Trinajstić information content (AvgIpc) is 2.32. The van der Waals surface area contributed by atoms with Crippen molar-refractivity contribution in [3.8, 4) is 5.75 Å². The standard InChI is InChI=1S/C12H15ClF2N2O2/c1-2-3-6-16-12(18)17-8-4-5-10(9(13)7-8)19-11(14)15/h4-5,7,11H,2-3,6H2,1H3,(H2,16,17,18). The maximum atomic E-state index is 12.0. The van der Waals surface area contributed by atoms with Crippen LogP contribution in [-0.2, 0) is 0 Å². The Morgan fingerprint density at radius 2 is 2.21 bits per heavy atom. The van der Waals surface area contributed by atoms with Crippen LogP contribution in [0.25, 0.3) is 0 Å². The van der Waals surface area contributed by atoms with Crippen molar-refractivity contribution in [1.82, 2.24) is 5.32 Å². The van der Waals surface area contributed by atoms with E-state index in [0.717, 1.165) is 12.8 Å². The molecule has 0 radical (unpaired) electrons. The molecule has 1 aromatic rings. The zero-order valence-corrected chi connectivity index (χ0v) is 11.1. The number of carbonyl (C=O) groups excluding carboxylic acids is 1. The predicted molar refractivity (Wildman–Crippen MR) is 70.0 cm³/mol. The van der Waals surface area contributed by atoms with Crippen LogP contribution in [0.3, 0.4) is 0 Å². The summed E-state index contributed by atoms with van der Waals surface area (Å²) in [5, 5.41) is 5.20. The molecule has 0 fully saturated rings. The van der Waals surface area contributed by atoms with Gasteiger partial charge in [-0.3, -0.25) is 0 Å². The van der Waals surface area contributed by atoms with Gasteiger partial charge in [-0.05, 0) is 24.6 Å². The molecule has 0 aliphatic heterocycles. The molecule has 0 atom stereocenters. The molecular formula is C12H15ClF2N2O2. The molecule has 0 unspecified atom stereocenters. The Labute approximate surface area is 115 Å². The Balaban J connectivity index is 2.55. The van der Waals surface area contributed by atoms with E-state index >= 15 is 0 Å². The second-order valence-electron chi connectivity index (χ2n) is 3.76. The first-order valence-corrected chi connectivity index (χ1v) is 6.20. The second-order valence-corrected chi connectivity index (χ2v) is 4.17. The van der Waals surface area contributed by atoms with Gasteiger partial charge in [0.25, 0.3) is 0 Å². The summed E-state index contributed by atoms with van der Waals surface area (Å²) in [4.78, 5) is 11.4. The minimum Gasteiger partial charge on any atom is -0.433 e. The summed E-state index contributed by atoms with van der Waals surface area (Å²) in [5.74, 6) is -0.131. The van der Waals surface area contributed by atoms with Crippen molar-refractivity contribution in [3.63, 3.8) is 0 Å². The Bertz CT molecular complexity index is 430. The van der Waals surface area contributed by atoms with E-state index in [1.165, 1.54) is 18.2 Å². The van der Waals surface area contributed by atoms with Gasteiger partial charge in [0.1, 0.15) is 5.75 Å². The lowest BCUT2D eigenvalue weighted by Gasteiger charge is -2.10. The highest BCUT2D eigenvalue weighted by atomic mass is 35.5. The molecule has 0 saturated heterocycles. The monoisotopic (exact) mass is 292 g/mol. The minimum atomic E-state index is -2.94. The first kappa shape index (κ1) is 15.5. The Kier molecular flexibility index (Phi) is 6.35. The van der Waals surface area contributed by atoms with Crippen molar-refractivity contribution in [2.75, 3.05) is 11.9 Å². The van der Waals surface area contributed by atoms with E-state index in [2.05, 4.69) is 15.4 Å². The fraction of sp³-hybridized carbons (Fsp3) is 0.417. The Morgan fingerprint density at radius 3 is 2.79 bits per heavy atom. The van der Waals surface area contributed by atoms with E-state index in [1.54, 1.807) is 0 Å². The van der Waals surface area contributed by atoms with Crippen LogP contribution in [-0.4, -0.2) is 19.2 Å². The van der Waals surface area contributed by atoms with Crippen LogP contribution in [0, 0.1) is 0 Å². The van der Waals surface area contributed by atoms with Gasteiger partial charge in [0, 0.05) is 12.2 Å². The zero-order valence-electron chi connectivity index (χ0n) is 10.4. The van der Waals surface area contributed by atoms with Gasteiger partial charge in [0.15, 0.2) is 0 Å². The van der Waals surface area contributed by atoms with E-state index in [9.17, 15) is 13.6 Å². The van der Waals surface area contributed by atoms with Crippen molar-refractivity contribution >= 4 is 23.3 Å². The molecule has 1 aromatic carbocycles. The normalized spacial score (nSPS) is 10.4. The van der Waals surface area contributed by atoms with Crippen LogP contribution < -0.4 is 15.4 Å². The number of hydrogen-bond acceptors (Lipinski definition) is 2. The van der Waals surface area contributed by atoms with Gasteiger partial charge < -0.3 is 15.4 Å². The maximum absolute atomic E-state index is 12.0. The summed E-state index contributed by atoms with van der Waals surface area (Å²) >= 11 is 5.75. The number of ether oxygens (including phenoxy) is 1. The van der Waals surface area contributed by atoms with Crippen LogP contribution in [0.15, 0.2) is 18.2 Å². The smallest absolute Gasteiger partial charge is 0.387 e. The molecular weight excluding hydrogens is 278 g/mol. The third-order valence-electron chi connectivity index (χ3n) is 2.22. The van der Waals surface area contributed by atoms with Gasteiger partial charge in [-0.1, -0.05) is 24.9 Å². The summed E-state index contributed by atoms with van der Waals surface area (Å²) < 4.78 is 28.2. The van der Waals surface area contributed by atoms with E-state index in [-0.39, 0.29) is 16.8 Å². The molecule has 19 heavy (non-hydrogen) atoms. The summed E-state index contributed by atoms with van der Waals surface area (Å²) in [6, 6.07) is 3.68. The molecule has 0 bridgehead atoms. The number of nitrogens with one attached hydrogen (secondary N) is 2. The number of amides is 2. The number of halogens is 3. The van der Waals surface area contributed by atoms with Crippen LogP contribution in [0.4, 0.5) is 19.3 Å². The lowest BCUT2D eigenvalue weighted by atomic mass is 10.3. The Morgan fingerprint density at radius 1 is 1.47 bits per heavy atom. The topological polar surface area (TPSA) is 50.4 Å². The number of rotatable bonds is 6. The lowest BCUT2D eigenvalue weighted by Crippen LogP contribution is -2.29. The van der Waals surface area contributed by atoms with Crippen LogP contribution in [0.2, 0.25) is 5.02 Å². The highest BCUT2D eigenvalue weighted by Crippen LogP contribution is 2.28. The van der Waals surface area contributed by atoms with Crippen LogP contribution >= 0.6 is 11.6 Å². The molecule has 2 N–H and O–H groups in total. The van der Waals surface area contributed by atoms with Gasteiger partial charge >= 0.3 is 12.6 Å². The fourth-order valence-corrected chi connectivity index (χ4v) is 1.55. The van der Waals surface area contributed by atoms with Crippen LogP contribution in [0.1, 0.15) is 19.8 Å². The number of anilines is 1. The highest BCUT2D eigenvalue weighted by molar-refractivity contribution is 6.32. The largest absolute Gasteiger partial charge is 0.433 e. The lowest BCUT2D eigenvalue weighted by molar-refractivity contribution is -0.0497. The first-order valence-electron chi connectivity index (χ1n) is 5.82. The van der Waals surface area contributed by atoms with E-state index < -0.39 is 6.61 Å². The summed E-state index contributed by atoms with van der Waals surface area (Å²) in [6.07, 6.45) is 1.86. The molecule has 0 saturated carbocycles. The second kappa shape index (κ2) is 7.78. The number of hydrogen-bond donors (Lipinski definition) is 2. The average molecular weight is 293 g/mol. The molecule has 7 heteroatoms. The molecule has 4 nitrogen and oxygen atoms in total. The molecule has 1 rings (SSSR count). The fourth-order valence-electron chi connectivity index (χ4n) is 1.32. The van der Waals surface area contributed by atoms with E-state index in [1.807, 2.05) is 6.92 Å². The van der Waals surface area contributed by atoms with Crippen molar-refractivity contribution in [1.29, 1.82) is 0 Å². The molecule has 0 aliphatic carbocycles. The quantitative estimate of drug-likeness (QED) is 0.782. The summed E-state index contributed by atoms with van der Waals surface area (Å²) in [5.41, 5.74) is 0.403. The van der Waals surface area contributed by atoms with Crippen LogP contribution in [0.5, 0.6) is 5.75 Å². The number of urea groups is 1. The van der Waals surface area contributed by atoms with Gasteiger partial charge in [-0.25, -0.2) is 4.79 Å². The third kappa shape index (κ3) is 5.74. The van der Waals surface area contributed by atoms with Gasteiger partial charge in [-0.2, -0.15) is 8.78 Å². The molecule has 106 valence electrons. The minimum absolute atomic E-state index is 0.00616. The Hall–Kier alpha value is -1.56. The van der Waals surface area contributed by atoms with Crippen molar-refractivity contribution in [3.05, 3.63) is 23.2 Å². The highest BCUT2D eigenvalue weighted by Gasteiger charge is 2.10. The SMILES string of the molecule is CCCCNC(=O)Nc1ccc(OC(F)F)c(Cl)c1. The van der Waals surface area contributed by atoms with E-state index in [0.29, 0.717) is 12.2 Å². The molecule has 0 aliphatic rings. The molecule has 0 aromatic heterocycles. The van der Waals surface area contributed by atoms with Crippen molar-refractivity contribution in [2.24, 2.45) is 0 Å². The molecule has 0 spiro atoms. The maximum Gasteiger partial charge on any atom is 0.387 e. The number of benzene rings is 1. The third-order valence-corrected chi connectivity index (χ3v) is 2.52. The number of unbranched alkanes of at least 4 members (excludes halogenated alkanes) is 1. The van der Waals surface area contributed by atoms with Gasteiger partial charge in [0.05, 0.1) is 5.02 Å². The zero-order chi connectivity index (χ0) is 14.3. The number of alkyl halides is 2. The van der Waals surface area contributed by atoms with Gasteiger partial charge in [0.2, 0.25) is 0 Å². The first-order chi connectivity index (χ1) is 9.02. The van der Waals surface area contributed by atoms with Gasteiger partial charge in [-0.15, -0.1) is 0 Å². The van der Waals surface area contributed by atoms with E-state index in [4.69, 9.17) is 11.6 Å². The van der Waals surface area contributed by atoms with Crippen molar-refractivity contribution in [2.45, 2.75) is 26.4 Å². The van der Waals surface area contributed by atoms with Crippen molar-refractivity contribution < 1.29 is 18.3 Å². The molecule has 0 heterocycles.